The van der Waals surface area contributed by atoms with Crippen molar-refractivity contribution in [2.24, 2.45) is 4.99 Å². The fourth-order valence-electron chi connectivity index (χ4n) is 2.74. The largest absolute Gasteiger partial charge is 0.444 e. The smallest absolute Gasteiger partial charge is 0.216 e. The van der Waals surface area contributed by atoms with Gasteiger partial charge in [0.05, 0.1) is 24.5 Å². The minimum Gasteiger partial charge on any atom is -0.444 e. The van der Waals surface area contributed by atoms with Crippen LogP contribution in [-0.4, -0.2) is 31.9 Å². The molecule has 0 saturated carbocycles. The maximum Gasteiger partial charge on any atom is 0.216 e. The molecule has 0 aliphatic carbocycles. The highest BCUT2D eigenvalue weighted by Crippen LogP contribution is 2.14. The molecule has 0 unspecified atom stereocenters. The highest BCUT2D eigenvalue weighted by Gasteiger charge is 2.15. The molecule has 1 aromatic carbocycles. The molecule has 1 aromatic heterocycles. The number of aryl methyl sites for hydroxylation is 2. The fourth-order valence-corrected chi connectivity index (χ4v) is 4.23. The SMILES string of the molecule is CCNC(=NCc1ccccc1CS(=O)(=O)NC(C)C)NCc1nc(C)c(C)o1. The molecule has 0 bridgehead atoms. The molecule has 29 heavy (non-hydrogen) atoms. The van der Waals surface area contributed by atoms with E-state index in [-0.39, 0.29) is 11.8 Å². The third-order valence-corrected chi connectivity index (χ3v) is 5.63. The number of rotatable bonds is 9. The summed E-state index contributed by atoms with van der Waals surface area (Å²) in [5, 5.41) is 6.37. The average Bonchev–Trinajstić information content (AvgIpc) is 2.95. The Morgan fingerprint density at radius 3 is 2.45 bits per heavy atom. The van der Waals surface area contributed by atoms with E-state index >= 15 is 0 Å². The van der Waals surface area contributed by atoms with Crippen molar-refractivity contribution in [1.82, 2.24) is 20.3 Å². The first-order valence-corrected chi connectivity index (χ1v) is 11.4. The van der Waals surface area contributed by atoms with Gasteiger partial charge in [0.25, 0.3) is 0 Å². The van der Waals surface area contributed by atoms with E-state index < -0.39 is 10.0 Å². The Balaban J connectivity index is 2.10. The van der Waals surface area contributed by atoms with Crippen molar-refractivity contribution in [1.29, 1.82) is 0 Å². The molecule has 0 fully saturated rings. The number of hydrogen-bond acceptors (Lipinski definition) is 5. The third kappa shape index (κ3) is 7.51. The summed E-state index contributed by atoms with van der Waals surface area (Å²) in [7, 11) is -3.40. The van der Waals surface area contributed by atoms with Crippen LogP contribution in [0.1, 0.15) is 49.2 Å². The van der Waals surface area contributed by atoms with Crippen LogP contribution in [0, 0.1) is 13.8 Å². The topological polar surface area (TPSA) is 109 Å². The van der Waals surface area contributed by atoms with Gasteiger partial charge >= 0.3 is 0 Å². The van der Waals surface area contributed by atoms with Gasteiger partial charge in [0.1, 0.15) is 5.76 Å². The lowest BCUT2D eigenvalue weighted by atomic mass is 10.1. The van der Waals surface area contributed by atoms with Gasteiger partial charge in [-0.15, -0.1) is 0 Å². The quantitative estimate of drug-likeness (QED) is 0.424. The molecule has 0 spiro atoms. The normalized spacial score (nSPS) is 12.4. The summed E-state index contributed by atoms with van der Waals surface area (Å²) >= 11 is 0. The lowest BCUT2D eigenvalue weighted by Gasteiger charge is -2.13. The zero-order valence-corrected chi connectivity index (χ0v) is 18.6. The highest BCUT2D eigenvalue weighted by atomic mass is 32.2. The number of benzene rings is 1. The Kier molecular flexibility index (Phi) is 8.21. The van der Waals surface area contributed by atoms with Crippen LogP contribution in [0.15, 0.2) is 33.7 Å². The van der Waals surface area contributed by atoms with Crippen molar-refractivity contribution in [3.8, 4) is 0 Å². The second-order valence-corrected chi connectivity index (χ2v) is 8.85. The molecule has 9 heteroatoms. The van der Waals surface area contributed by atoms with E-state index in [1.807, 2.05) is 45.0 Å². The van der Waals surface area contributed by atoms with E-state index in [0.717, 1.165) is 22.6 Å². The van der Waals surface area contributed by atoms with E-state index in [9.17, 15) is 8.42 Å². The predicted molar refractivity (Wildman–Crippen MR) is 115 cm³/mol. The molecule has 0 saturated heterocycles. The van der Waals surface area contributed by atoms with E-state index in [0.29, 0.717) is 31.5 Å². The van der Waals surface area contributed by atoms with Crippen molar-refractivity contribution < 1.29 is 12.8 Å². The molecule has 0 atom stereocenters. The molecule has 2 aromatic rings. The van der Waals surface area contributed by atoms with Gasteiger partial charge in [-0.3, -0.25) is 0 Å². The van der Waals surface area contributed by atoms with Crippen LogP contribution in [0.3, 0.4) is 0 Å². The Morgan fingerprint density at radius 1 is 1.17 bits per heavy atom. The second kappa shape index (κ2) is 10.4. The standard InChI is InChI=1S/C20H31N5O3S/c1-6-21-20(23-12-19-24-15(4)16(5)28-19)22-11-17-9-7-8-10-18(17)13-29(26,27)25-14(2)3/h7-10,14,25H,6,11-13H2,1-5H3,(H2,21,22,23). The van der Waals surface area contributed by atoms with Gasteiger partial charge in [-0.25, -0.2) is 23.1 Å². The lowest BCUT2D eigenvalue weighted by molar-refractivity contribution is 0.463. The van der Waals surface area contributed by atoms with Gasteiger partial charge in [-0.1, -0.05) is 24.3 Å². The lowest BCUT2D eigenvalue weighted by Crippen LogP contribution is -2.37. The second-order valence-electron chi connectivity index (χ2n) is 7.10. The van der Waals surface area contributed by atoms with Gasteiger partial charge in [0.2, 0.25) is 15.9 Å². The number of sulfonamides is 1. The van der Waals surface area contributed by atoms with E-state index in [2.05, 4.69) is 25.3 Å². The van der Waals surface area contributed by atoms with E-state index in [1.54, 1.807) is 13.8 Å². The molecular formula is C20H31N5O3S. The summed E-state index contributed by atoms with van der Waals surface area (Å²) in [5.41, 5.74) is 2.47. The minimum absolute atomic E-state index is 0.0737. The van der Waals surface area contributed by atoms with Crippen LogP contribution in [-0.2, 0) is 28.9 Å². The first-order valence-electron chi connectivity index (χ1n) is 9.72. The number of hydrogen-bond donors (Lipinski definition) is 3. The highest BCUT2D eigenvalue weighted by molar-refractivity contribution is 7.88. The molecule has 0 aliphatic heterocycles. The van der Waals surface area contributed by atoms with Crippen LogP contribution >= 0.6 is 0 Å². The summed E-state index contributed by atoms with van der Waals surface area (Å²) in [6.45, 7) is 10.8. The predicted octanol–water partition coefficient (Wildman–Crippen LogP) is 2.37. The number of aromatic nitrogens is 1. The van der Waals surface area contributed by atoms with Gasteiger partial charge < -0.3 is 15.1 Å². The summed E-state index contributed by atoms with van der Waals surface area (Å²) in [5.74, 6) is 1.93. The molecule has 1 heterocycles. The zero-order chi connectivity index (χ0) is 21.4. The number of nitrogens with zero attached hydrogens (tertiary/aromatic N) is 2. The maximum absolute atomic E-state index is 12.3. The third-order valence-electron chi connectivity index (χ3n) is 4.11. The van der Waals surface area contributed by atoms with Crippen LogP contribution < -0.4 is 15.4 Å². The Hall–Kier alpha value is -2.39. The first kappa shape index (κ1) is 22.9. The molecule has 0 radical (unpaired) electrons. The summed E-state index contributed by atoms with van der Waals surface area (Å²) in [4.78, 5) is 8.94. The van der Waals surface area contributed by atoms with Crippen LogP contribution in [0.5, 0.6) is 0 Å². The van der Waals surface area contributed by atoms with Crippen molar-refractivity contribution in [3.63, 3.8) is 0 Å². The molecular weight excluding hydrogens is 390 g/mol. The number of nitrogens with one attached hydrogen (secondary N) is 3. The summed E-state index contributed by atoms with van der Waals surface area (Å²) in [6, 6.07) is 7.30. The minimum atomic E-state index is -3.40. The van der Waals surface area contributed by atoms with Crippen molar-refractivity contribution >= 4 is 16.0 Å². The zero-order valence-electron chi connectivity index (χ0n) is 17.7. The van der Waals surface area contributed by atoms with Gasteiger partial charge in [-0.05, 0) is 45.7 Å². The van der Waals surface area contributed by atoms with E-state index in [4.69, 9.17) is 4.42 Å². The summed E-state index contributed by atoms with van der Waals surface area (Å²) < 4.78 is 32.8. The van der Waals surface area contributed by atoms with Crippen LogP contribution in [0.2, 0.25) is 0 Å². The molecule has 8 nitrogen and oxygen atoms in total. The van der Waals surface area contributed by atoms with Gasteiger partial charge in [-0.2, -0.15) is 0 Å². The Morgan fingerprint density at radius 2 is 1.86 bits per heavy atom. The van der Waals surface area contributed by atoms with Crippen LogP contribution in [0.25, 0.3) is 0 Å². The van der Waals surface area contributed by atoms with Crippen molar-refractivity contribution in [2.45, 2.75) is 59.5 Å². The summed E-state index contributed by atoms with van der Waals surface area (Å²) in [6.07, 6.45) is 0. The van der Waals surface area contributed by atoms with Crippen molar-refractivity contribution in [3.05, 3.63) is 52.7 Å². The number of guanidine groups is 1. The number of oxazole rings is 1. The van der Waals surface area contributed by atoms with Gasteiger partial charge in [0.15, 0.2) is 5.96 Å². The van der Waals surface area contributed by atoms with Crippen molar-refractivity contribution in [2.75, 3.05) is 6.54 Å². The molecule has 0 amide bonds. The van der Waals surface area contributed by atoms with Gasteiger partial charge in [0, 0.05) is 12.6 Å². The first-order chi connectivity index (χ1) is 13.7. The number of aliphatic imine (C=N–C) groups is 1. The Bertz CT molecular complexity index is 916. The monoisotopic (exact) mass is 421 g/mol. The molecule has 2 rings (SSSR count). The fraction of sp³-hybridized carbons (Fsp3) is 0.500. The van der Waals surface area contributed by atoms with E-state index in [1.165, 1.54) is 0 Å². The Labute approximate surface area is 173 Å². The molecule has 0 aliphatic rings. The molecule has 3 N–H and O–H groups in total. The molecule has 160 valence electrons. The van der Waals surface area contributed by atoms with Crippen LogP contribution in [0.4, 0.5) is 0 Å². The maximum atomic E-state index is 12.3. The average molecular weight is 422 g/mol.